The summed E-state index contributed by atoms with van der Waals surface area (Å²) in [6.45, 7) is 2.84. The number of hydrogen-bond acceptors (Lipinski definition) is 3. The van der Waals surface area contributed by atoms with Crippen LogP contribution < -0.4 is 4.90 Å². The highest BCUT2D eigenvalue weighted by Crippen LogP contribution is 2.32. The zero-order valence-electron chi connectivity index (χ0n) is 12.3. The van der Waals surface area contributed by atoms with Crippen molar-refractivity contribution in [3.05, 3.63) is 46.6 Å². The molecule has 8 heteroatoms. The smallest absolute Gasteiger partial charge is 0.416 e. The van der Waals surface area contributed by atoms with Crippen LogP contribution in [0, 0.1) is 6.92 Å². The molecule has 1 aromatic carbocycles. The van der Waals surface area contributed by atoms with Crippen molar-refractivity contribution < 1.29 is 23.1 Å². The summed E-state index contributed by atoms with van der Waals surface area (Å²) in [5, 5.41) is 13.5. The Morgan fingerprint density at radius 3 is 2.74 bits per heavy atom. The number of fused-ring (bicyclic) bond motifs is 1. The van der Waals surface area contributed by atoms with Crippen LogP contribution in [0.5, 0.6) is 0 Å². The number of benzene rings is 1. The summed E-state index contributed by atoms with van der Waals surface area (Å²) in [6.07, 6.45) is -4.40. The van der Waals surface area contributed by atoms with Gasteiger partial charge >= 0.3 is 12.1 Å². The second-order valence-electron chi connectivity index (χ2n) is 5.43. The summed E-state index contributed by atoms with van der Waals surface area (Å²) < 4.78 is 40.0. The van der Waals surface area contributed by atoms with Crippen LogP contribution in [0.3, 0.4) is 0 Å². The Balaban J connectivity index is 1.92. The lowest BCUT2D eigenvalue weighted by Gasteiger charge is -2.19. The lowest BCUT2D eigenvalue weighted by Crippen LogP contribution is -2.22. The monoisotopic (exact) mass is 325 g/mol. The van der Waals surface area contributed by atoms with Gasteiger partial charge in [0.25, 0.3) is 0 Å². The quantitative estimate of drug-likeness (QED) is 0.943. The molecule has 0 aliphatic carbocycles. The molecular weight excluding hydrogens is 311 g/mol. The lowest BCUT2D eigenvalue weighted by molar-refractivity contribution is -0.137. The van der Waals surface area contributed by atoms with E-state index in [0.717, 1.165) is 12.1 Å². The van der Waals surface area contributed by atoms with E-state index in [0.29, 0.717) is 30.2 Å². The fourth-order valence-electron chi connectivity index (χ4n) is 2.84. The van der Waals surface area contributed by atoms with Crippen molar-refractivity contribution in [3.63, 3.8) is 0 Å². The number of aromatic nitrogens is 2. The van der Waals surface area contributed by atoms with E-state index >= 15 is 0 Å². The van der Waals surface area contributed by atoms with Crippen LogP contribution in [0.4, 0.5) is 19.0 Å². The molecule has 0 spiro atoms. The van der Waals surface area contributed by atoms with E-state index in [9.17, 15) is 23.1 Å². The van der Waals surface area contributed by atoms with Gasteiger partial charge in [-0.15, -0.1) is 0 Å². The number of carboxylic acid groups (broad SMARTS) is 1. The Bertz CT molecular complexity index is 768. The molecule has 1 aliphatic rings. The van der Waals surface area contributed by atoms with Crippen molar-refractivity contribution in [3.8, 4) is 0 Å². The first-order valence-electron chi connectivity index (χ1n) is 6.99. The lowest BCUT2D eigenvalue weighted by atomic mass is 10.1. The molecule has 2 heterocycles. The maximum Gasteiger partial charge on any atom is 0.416 e. The van der Waals surface area contributed by atoms with Gasteiger partial charge in [-0.3, -0.25) is 0 Å². The second kappa shape index (κ2) is 5.29. The highest BCUT2D eigenvalue weighted by atomic mass is 19.4. The van der Waals surface area contributed by atoms with E-state index in [1.165, 1.54) is 6.07 Å². The first-order valence-corrected chi connectivity index (χ1v) is 6.99. The molecule has 1 aliphatic heterocycles. The summed E-state index contributed by atoms with van der Waals surface area (Å²) in [5.74, 6) is -0.632. The van der Waals surface area contributed by atoms with Crippen molar-refractivity contribution in [1.29, 1.82) is 0 Å². The van der Waals surface area contributed by atoms with Crippen LogP contribution in [0.2, 0.25) is 0 Å². The predicted octanol–water partition coefficient (Wildman–Crippen LogP) is 2.93. The molecule has 122 valence electrons. The van der Waals surface area contributed by atoms with Crippen molar-refractivity contribution in [1.82, 2.24) is 9.78 Å². The zero-order chi connectivity index (χ0) is 16.8. The number of hydrogen-bond donors (Lipinski definition) is 1. The maximum absolute atomic E-state index is 12.8. The van der Waals surface area contributed by atoms with Crippen LogP contribution in [-0.4, -0.2) is 27.4 Å². The number of halogens is 3. The average molecular weight is 325 g/mol. The van der Waals surface area contributed by atoms with Gasteiger partial charge in [-0.2, -0.15) is 18.3 Å². The zero-order valence-corrected chi connectivity index (χ0v) is 12.3. The number of nitrogens with zero attached hydrogens (tertiary/aromatic N) is 3. The van der Waals surface area contributed by atoms with Crippen molar-refractivity contribution in [2.75, 3.05) is 11.4 Å². The van der Waals surface area contributed by atoms with Gasteiger partial charge < -0.3 is 10.0 Å². The summed E-state index contributed by atoms with van der Waals surface area (Å²) >= 11 is 0. The molecule has 0 saturated carbocycles. The predicted molar refractivity (Wildman–Crippen MR) is 76.4 cm³/mol. The SMILES string of the molecule is Cc1nn2c(c1C(=O)O)N(Cc1cccc(C(F)(F)F)c1)CC2. The Labute approximate surface area is 129 Å². The first-order chi connectivity index (χ1) is 10.8. The van der Waals surface area contributed by atoms with E-state index < -0.39 is 17.7 Å². The van der Waals surface area contributed by atoms with Crippen LogP contribution in [0.25, 0.3) is 0 Å². The molecule has 23 heavy (non-hydrogen) atoms. The van der Waals surface area contributed by atoms with Crippen molar-refractivity contribution in [2.45, 2.75) is 26.2 Å². The topological polar surface area (TPSA) is 58.4 Å². The summed E-state index contributed by atoms with van der Waals surface area (Å²) in [4.78, 5) is 13.1. The number of carbonyl (C=O) groups is 1. The molecule has 3 rings (SSSR count). The summed E-state index contributed by atoms with van der Waals surface area (Å²) in [6, 6.07) is 5.06. The Morgan fingerprint density at radius 1 is 1.35 bits per heavy atom. The third kappa shape index (κ3) is 2.76. The van der Waals surface area contributed by atoms with Crippen LogP contribution in [-0.2, 0) is 19.3 Å². The number of aromatic carboxylic acids is 1. The number of aryl methyl sites for hydroxylation is 1. The molecule has 0 radical (unpaired) electrons. The maximum atomic E-state index is 12.8. The molecule has 0 fully saturated rings. The van der Waals surface area contributed by atoms with Crippen molar-refractivity contribution in [2.24, 2.45) is 0 Å². The van der Waals surface area contributed by atoms with Crippen LogP contribution >= 0.6 is 0 Å². The number of alkyl halides is 3. The molecular formula is C15H14F3N3O2. The van der Waals surface area contributed by atoms with Gasteiger partial charge in [0, 0.05) is 13.1 Å². The molecule has 0 unspecified atom stereocenters. The average Bonchev–Trinajstić information content (AvgIpc) is 2.97. The third-order valence-corrected chi connectivity index (χ3v) is 3.82. The molecule has 0 saturated heterocycles. The Kier molecular flexibility index (Phi) is 3.54. The minimum absolute atomic E-state index is 0.106. The number of carboxylic acids is 1. The molecule has 0 bridgehead atoms. The Hall–Kier alpha value is -2.51. The van der Waals surface area contributed by atoms with Gasteiger partial charge in [-0.1, -0.05) is 12.1 Å². The number of anilines is 1. The van der Waals surface area contributed by atoms with E-state index in [1.807, 2.05) is 0 Å². The molecule has 0 atom stereocenters. The second-order valence-corrected chi connectivity index (χ2v) is 5.43. The summed E-state index contributed by atoms with van der Waals surface area (Å²) in [7, 11) is 0. The molecule has 2 aromatic rings. The highest BCUT2D eigenvalue weighted by molar-refractivity contribution is 5.95. The third-order valence-electron chi connectivity index (χ3n) is 3.82. The van der Waals surface area contributed by atoms with Crippen LogP contribution in [0.1, 0.15) is 27.2 Å². The number of rotatable bonds is 3. The largest absolute Gasteiger partial charge is 0.477 e. The van der Waals surface area contributed by atoms with E-state index in [2.05, 4.69) is 5.10 Å². The van der Waals surface area contributed by atoms with Crippen molar-refractivity contribution >= 4 is 11.8 Å². The Morgan fingerprint density at radius 2 is 2.09 bits per heavy atom. The van der Waals surface area contributed by atoms with E-state index in [1.54, 1.807) is 22.6 Å². The minimum atomic E-state index is -4.40. The highest BCUT2D eigenvalue weighted by Gasteiger charge is 2.32. The normalized spacial score (nSPS) is 14.2. The standard InChI is InChI=1S/C15H14F3N3O2/c1-9-12(14(22)23)13-20(5-6-21(13)19-9)8-10-3-2-4-11(7-10)15(16,17)18/h2-4,7H,5-6,8H2,1H3,(H,22,23). The minimum Gasteiger partial charge on any atom is -0.477 e. The fraction of sp³-hybridized carbons (Fsp3) is 0.333. The van der Waals surface area contributed by atoms with Gasteiger partial charge in [0.05, 0.1) is 17.8 Å². The molecule has 1 N–H and O–H groups in total. The van der Waals surface area contributed by atoms with E-state index in [4.69, 9.17) is 0 Å². The van der Waals surface area contributed by atoms with Gasteiger partial charge in [0.1, 0.15) is 11.4 Å². The van der Waals surface area contributed by atoms with Gasteiger partial charge in [0.2, 0.25) is 0 Å². The fourth-order valence-corrected chi connectivity index (χ4v) is 2.84. The van der Waals surface area contributed by atoms with Gasteiger partial charge in [-0.25, -0.2) is 9.48 Å². The molecule has 1 aromatic heterocycles. The molecule has 5 nitrogen and oxygen atoms in total. The van der Waals surface area contributed by atoms with Gasteiger partial charge in [0.15, 0.2) is 0 Å². The van der Waals surface area contributed by atoms with E-state index in [-0.39, 0.29) is 12.1 Å². The molecule has 0 amide bonds. The summed E-state index contributed by atoms with van der Waals surface area (Å²) in [5.41, 5.74) is 0.275. The van der Waals surface area contributed by atoms with Crippen LogP contribution in [0.15, 0.2) is 24.3 Å². The first kappa shape index (κ1) is 15.4. The van der Waals surface area contributed by atoms with Gasteiger partial charge in [-0.05, 0) is 24.6 Å².